The molecular weight excluding hydrogens is 286 g/mol. The van der Waals surface area contributed by atoms with Gasteiger partial charge in [0.2, 0.25) is 11.4 Å². The first kappa shape index (κ1) is 17.0. The van der Waals surface area contributed by atoms with Crippen molar-refractivity contribution in [2.45, 2.75) is 0 Å². The van der Waals surface area contributed by atoms with Crippen LogP contribution in [0.15, 0.2) is 67.0 Å². The van der Waals surface area contributed by atoms with Crippen LogP contribution in [0.5, 0.6) is 0 Å². The second kappa shape index (κ2) is 7.11. The van der Waals surface area contributed by atoms with Crippen molar-refractivity contribution in [3.8, 4) is 22.8 Å². The number of rotatable bonds is 2. The summed E-state index contributed by atoms with van der Waals surface area (Å²) in [7, 11) is 0. The third-order valence-electron chi connectivity index (χ3n) is 2.92. The molecule has 0 aliphatic rings. The number of nitrogens with zero attached hydrogens (tertiary/aromatic N) is 3. The van der Waals surface area contributed by atoms with Crippen molar-refractivity contribution in [1.82, 2.24) is 4.98 Å². The van der Waals surface area contributed by atoms with E-state index < -0.39 is 0 Å². The summed E-state index contributed by atoms with van der Waals surface area (Å²) in [6.45, 7) is 0. The van der Waals surface area contributed by atoms with Gasteiger partial charge in [-0.1, -0.05) is 6.07 Å². The Bertz CT molecular complexity index is 704. The van der Waals surface area contributed by atoms with Crippen LogP contribution in [0.3, 0.4) is 0 Å². The van der Waals surface area contributed by atoms with E-state index in [4.69, 9.17) is 0 Å². The molecular formula is C15H15N3O4. The van der Waals surface area contributed by atoms with Crippen molar-refractivity contribution in [1.29, 1.82) is 0 Å². The van der Waals surface area contributed by atoms with Crippen LogP contribution >= 0.6 is 0 Å². The van der Waals surface area contributed by atoms with Crippen LogP contribution in [-0.4, -0.2) is 15.9 Å². The molecule has 3 rings (SSSR count). The van der Waals surface area contributed by atoms with Crippen molar-refractivity contribution in [2.24, 2.45) is 0 Å². The van der Waals surface area contributed by atoms with Crippen LogP contribution in [0.1, 0.15) is 0 Å². The number of aromatic nitrogens is 3. The van der Waals surface area contributed by atoms with Gasteiger partial charge >= 0.3 is 0 Å². The molecule has 0 amide bonds. The average molecular weight is 301 g/mol. The van der Waals surface area contributed by atoms with Crippen LogP contribution < -0.4 is 9.46 Å². The lowest BCUT2D eigenvalue weighted by Gasteiger charge is -2.06. The zero-order valence-electron chi connectivity index (χ0n) is 11.5. The van der Waals surface area contributed by atoms with Crippen LogP contribution in [0.4, 0.5) is 0 Å². The summed E-state index contributed by atoms with van der Waals surface area (Å²) in [5, 5.41) is 23.5. The van der Waals surface area contributed by atoms with Gasteiger partial charge in [0.25, 0.3) is 0 Å². The van der Waals surface area contributed by atoms with Crippen molar-refractivity contribution in [3.05, 3.63) is 77.4 Å². The molecule has 0 radical (unpaired) electrons. The average Bonchev–Trinajstić information content (AvgIpc) is 2.48. The van der Waals surface area contributed by atoms with Crippen molar-refractivity contribution < 1.29 is 20.4 Å². The molecule has 0 aliphatic heterocycles. The summed E-state index contributed by atoms with van der Waals surface area (Å²) < 4.78 is 1.50. The van der Waals surface area contributed by atoms with E-state index in [0.717, 1.165) is 9.46 Å². The Hall–Kier alpha value is -3.03. The fourth-order valence-corrected chi connectivity index (χ4v) is 1.97. The van der Waals surface area contributed by atoms with E-state index in [1.165, 1.54) is 12.4 Å². The van der Waals surface area contributed by atoms with Gasteiger partial charge in [-0.3, -0.25) is 0 Å². The van der Waals surface area contributed by atoms with Crippen LogP contribution in [0, 0.1) is 10.4 Å². The van der Waals surface area contributed by atoms with E-state index >= 15 is 0 Å². The molecule has 7 nitrogen and oxygen atoms in total. The first-order chi connectivity index (χ1) is 9.75. The lowest BCUT2D eigenvalue weighted by molar-refractivity contribution is -0.594. The number of hydrogen-bond donors (Lipinski definition) is 0. The Morgan fingerprint density at radius 1 is 0.636 bits per heavy atom. The van der Waals surface area contributed by atoms with Crippen LogP contribution in [0.25, 0.3) is 22.8 Å². The highest BCUT2D eigenvalue weighted by Crippen LogP contribution is 2.17. The van der Waals surface area contributed by atoms with Gasteiger partial charge in [0.1, 0.15) is 11.4 Å². The second-order valence-electron chi connectivity index (χ2n) is 4.23. The maximum Gasteiger partial charge on any atom is 0.242 e. The summed E-state index contributed by atoms with van der Waals surface area (Å²) in [6.07, 6.45) is 2.83. The topological polar surface area (TPSA) is 130 Å². The van der Waals surface area contributed by atoms with E-state index in [1.807, 2.05) is 0 Å². The van der Waals surface area contributed by atoms with E-state index in [-0.39, 0.29) is 11.0 Å². The lowest BCUT2D eigenvalue weighted by atomic mass is 10.2. The smallest absolute Gasteiger partial charge is 0.242 e. The van der Waals surface area contributed by atoms with Gasteiger partial charge in [0.15, 0.2) is 12.4 Å². The minimum atomic E-state index is 0. The van der Waals surface area contributed by atoms with E-state index in [1.54, 1.807) is 54.6 Å². The molecule has 0 fully saturated rings. The summed E-state index contributed by atoms with van der Waals surface area (Å²) in [5.41, 5.74) is 1.95. The predicted octanol–water partition coefficient (Wildman–Crippen LogP) is 0.0330. The second-order valence-corrected chi connectivity index (χ2v) is 4.23. The highest BCUT2D eigenvalue weighted by molar-refractivity contribution is 5.58. The fourth-order valence-electron chi connectivity index (χ4n) is 1.97. The molecule has 0 unspecified atom stereocenters. The van der Waals surface area contributed by atoms with Crippen LogP contribution in [-0.2, 0) is 0 Å². The molecule has 0 bridgehead atoms. The summed E-state index contributed by atoms with van der Waals surface area (Å²) in [4.78, 5) is 4.39. The Balaban J connectivity index is 0.00000121. The molecule has 4 N–H and O–H groups in total. The monoisotopic (exact) mass is 301 g/mol. The Morgan fingerprint density at radius 2 is 1.09 bits per heavy atom. The summed E-state index contributed by atoms with van der Waals surface area (Å²) in [6, 6.07) is 15.5. The molecule has 0 atom stereocenters. The predicted molar refractivity (Wildman–Crippen MR) is 80.3 cm³/mol. The first-order valence-corrected chi connectivity index (χ1v) is 6.10. The maximum absolute atomic E-state index is 11.7. The molecule has 3 aromatic heterocycles. The molecule has 3 heterocycles. The van der Waals surface area contributed by atoms with Crippen molar-refractivity contribution >= 4 is 0 Å². The molecule has 0 aliphatic carbocycles. The third kappa shape index (κ3) is 3.17. The molecule has 0 spiro atoms. The van der Waals surface area contributed by atoms with Gasteiger partial charge in [-0.15, -0.1) is 0 Å². The van der Waals surface area contributed by atoms with Gasteiger partial charge < -0.3 is 21.4 Å². The highest BCUT2D eigenvalue weighted by Gasteiger charge is 2.13. The van der Waals surface area contributed by atoms with Gasteiger partial charge in [-0.05, 0) is 24.3 Å². The Labute approximate surface area is 126 Å². The molecule has 22 heavy (non-hydrogen) atoms. The molecule has 114 valence electrons. The third-order valence-corrected chi connectivity index (χ3v) is 2.92. The van der Waals surface area contributed by atoms with Gasteiger partial charge in [0.05, 0.1) is 0 Å². The maximum atomic E-state index is 11.7. The minimum Gasteiger partial charge on any atom is -0.618 e. The molecule has 7 heteroatoms. The van der Waals surface area contributed by atoms with Gasteiger partial charge in [0, 0.05) is 24.3 Å². The Kier molecular flexibility index (Phi) is 5.50. The standard InChI is InChI=1S/C15H11N3O2.2H2O/c19-17-10-3-1-8-14(17)12-6-5-7-13(16-12)15-9-2-4-11-18(15)20;;/h1-11H;2*1H2. The largest absolute Gasteiger partial charge is 0.618 e. The van der Waals surface area contributed by atoms with Gasteiger partial charge in [-0.2, -0.15) is 9.46 Å². The zero-order chi connectivity index (χ0) is 13.9. The molecule has 0 saturated heterocycles. The van der Waals surface area contributed by atoms with Crippen LogP contribution in [0.2, 0.25) is 0 Å². The first-order valence-electron chi connectivity index (χ1n) is 6.10. The highest BCUT2D eigenvalue weighted by atomic mass is 16.5. The summed E-state index contributed by atoms with van der Waals surface area (Å²) in [5.74, 6) is 0. The SMILES string of the molecule is O.O.[O-][n+]1ccccc1-c1cccc(-c2cccc[n+]2[O-])n1. The Morgan fingerprint density at radius 3 is 1.50 bits per heavy atom. The zero-order valence-corrected chi connectivity index (χ0v) is 11.5. The molecule has 0 saturated carbocycles. The van der Waals surface area contributed by atoms with Crippen molar-refractivity contribution in [2.75, 3.05) is 0 Å². The normalized spacial score (nSPS) is 9.45. The number of pyridine rings is 3. The number of hydrogen-bond acceptors (Lipinski definition) is 3. The fraction of sp³-hybridized carbons (Fsp3) is 0. The van der Waals surface area contributed by atoms with Gasteiger partial charge in [-0.25, -0.2) is 4.98 Å². The molecule has 0 aromatic carbocycles. The summed E-state index contributed by atoms with van der Waals surface area (Å²) >= 11 is 0. The van der Waals surface area contributed by atoms with E-state index in [2.05, 4.69) is 4.98 Å². The van der Waals surface area contributed by atoms with E-state index in [0.29, 0.717) is 22.8 Å². The van der Waals surface area contributed by atoms with Crippen molar-refractivity contribution in [3.63, 3.8) is 0 Å². The molecule has 3 aromatic rings. The lowest BCUT2D eigenvalue weighted by Crippen LogP contribution is -2.29. The quantitative estimate of drug-likeness (QED) is 0.489. The minimum absolute atomic E-state index is 0. The van der Waals surface area contributed by atoms with E-state index in [9.17, 15) is 10.4 Å².